The quantitative estimate of drug-likeness (QED) is 0.0165. The Morgan fingerprint density at radius 1 is 0.235 bits per heavy atom. The summed E-state index contributed by atoms with van der Waals surface area (Å²) in [5.41, 5.74) is 8.23. The van der Waals surface area contributed by atoms with Gasteiger partial charge in [0.05, 0.1) is 92.2 Å². The van der Waals surface area contributed by atoms with Crippen LogP contribution in [0.15, 0.2) is 449 Å². The zero-order valence-electron chi connectivity index (χ0n) is 82.2. The van der Waals surface area contributed by atoms with E-state index in [2.05, 4.69) is 26.6 Å². The van der Waals surface area contributed by atoms with E-state index in [-0.39, 0.29) is 113 Å². The van der Waals surface area contributed by atoms with Crippen LogP contribution >= 0.6 is 0 Å². The third-order valence-electron chi connectivity index (χ3n) is 23.2. The van der Waals surface area contributed by atoms with Crippen LogP contribution < -0.4 is 48.1 Å². The summed E-state index contributed by atoms with van der Waals surface area (Å²) in [6.45, 7) is 4.75. The minimum absolute atomic E-state index is 0.0134. The van der Waals surface area contributed by atoms with Crippen molar-refractivity contribution in [1.82, 2.24) is 26.6 Å². The lowest BCUT2D eigenvalue weighted by Crippen LogP contribution is -2.31. The van der Waals surface area contributed by atoms with Gasteiger partial charge in [0.2, 0.25) is 0 Å². The Balaban J connectivity index is 0.000000165. The van der Waals surface area contributed by atoms with Crippen LogP contribution in [0.1, 0.15) is 125 Å². The fourth-order valence-corrected chi connectivity index (χ4v) is 22.5. The van der Waals surface area contributed by atoms with Crippen LogP contribution in [0.3, 0.4) is 0 Å². The second kappa shape index (κ2) is 56.3. The van der Waals surface area contributed by atoms with Crippen LogP contribution in [0, 0.1) is 5.92 Å². The molecule has 1 aliphatic carbocycles. The number of aliphatic hydroxyl groups is 3. The molecule has 1 aliphatic rings. The number of nitrogens with zero attached hydrogens (tertiary/aromatic N) is 5. The second-order valence-electron chi connectivity index (χ2n) is 34.2. The van der Waals surface area contributed by atoms with Crippen molar-refractivity contribution < 1.29 is 81.4 Å². The number of aliphatic hydroxyl groups excluding tert-OH is 3. The number of benzene rings is 15. The lowest BCUT2D eigenvalue weighted by molar-refractivity contribution is 0.0938. The maximum absolute atomic E-state index is 13.5. The fourth-order valence-electron chi connectivity index (χ4n) is 15.1. The molecule has 16 rings (SSSR count). The van der Waals surface area contributed by atoms with Crippen molar-refractivity contribution in [1.29, 1.82) is 0 Å². The average molecular weight is 2100 g/mol. The molecule has 8 N–H and O–H groups in total. The van der Waals surface area contributed by atoms with Gasteiger partial charge in [-0.2, -0.15) is 0 Å². The monoisotopic (exact) mass is 2100 g/mol. The van der Waals surface area contributed by atoms with Crippen molar-refractivity contribution in [3.8, 4) is 0 Å². The lowest BCUT2D eigenvalue weighted by atomic mass is 10.1. The number of anilines is 5. The Kier molecular flexibility index (Phi) is 42.3. The summed E-state index contributed by atoms with van der Waals surface area (Å²) in [6, 6.07) is 121. The largest absolute Gasteiger partial charge is 0.396 e. The second-order valence-corrected chi connectivity index (χ2v) is 43.5. The lowest BCUT2D eigenvalue weighted by Gasteiger charge is -2.25. The first kappa shape index (κ1) is 112. The zero-order valence-corrected chi connectivity index (χ0v) is 86.3. The van der Waals surface area contributed by atoms with Gasteiger partial charge >= 0.3 is 0 Å². The minimum atomic E-state index is -3.85. The van der Waals surface area contributed by atoms with E-state index in [9.17, 15) is 66.1 Å². The first-order valence-electron chi connectivity index (χ1n) is 48.4. The van der Waals surface area contributed by atoms with Crippen molar-refractivity contribution in [3.63, 3.8) is 0 Å². The van der Waals surface area contributed by atoms with Crippen molar-refractivity contribution in [2.75, 3.05) is 74.1 Å². The molecule has 1 fully saturated rings. The van der Waals surface area contributed by atoms with Crippen LogP contribution in [-0.2, 0) is 82.8 Å². The van der Waals surface area contributed by atoms with Crippen LogP contribution in [0.5, 0.6) is 0 Å². The molecule has 0 atom stereocenters. The molecular formula is C116H120N10O18S5. The SMILES string of the molecule is CCCNC(=O)c1cccc(N(Cc2ccccc2)S(=O)(=O)c2ccccc2)c1.O=C(NCC1CC1)c1cccc(N(Cc2ccccc2)S(=O)(=O)c2ccccc2)c1.O=C(NCCCCO)c1cccc(N(Cc2ccccc2)S(=O)(=O)c2ccccc2)c1.O=C(NCCCO)c1cccc(N(Cc2ccccc2)S(=O)(=O)c2ccccc2)c1.O=C(NCCO)c1cccc(N(Cc2ccccc2)S(=O)(=O)c2ccccc2)c1. The number of nitrogens with one attached hydrogen (secondary N) is 5. The van der Waals surface area contributed by atoms with Crippen LogP contribution in [0.2, 0.25) is 0 Å². The molecule has 15 aromatic rings. The number of hydrogen-bond donors (Lipinski definition) is 8. The van der Waals surface area contributed by atoms with Gasteiger partial charge in [-0.15, -0.1) is 0 Å². The molecule has 28 nitrogen and oxygen atoms in total. The molecule has 0 unspecified atom stereocenters. The maximum Gasteiger partial charge on any atom is 0.264 e. The molecular weight excluding hydrogens is 1980 g/mol. The Morgan fingerprint density at radius 2 is 0.436 bits per heavy atom. The van der Waals surface area contributed by atoms with E-state index in [0.29, 0.717) is 108 Å². The van der Waals surface area contributed by atoms with Crippen molar-refractivity contribution in [2.24, 2.45) is 5.92 Å². The first-order chi connectivity index (χ1) is 72.1. The van der Waals surface area contributed by atoms with Gasteiger partial charge in [-0.25, -0.2) is 42.1 Å². The molecule has 1 saturated carbocycles. The number of hydrogen-bond acceptors (Lipinski definition) is 18. The van der Waals surface area contributed by atoms with Crippen LogP contribution in [0.25, 0.3) is 0 Å². The molecule has 15 aromatic carbocycles. The summed E-state index contributed by atoms with van der Waals surface area (Å²) in [7, 11) is -19.2. The van der Waals surface area contributed by atoms with Crippen molar-refractivity contribution in [2.45, 2.75) is 103 Å². The van der Waals surface area contributed by atoms with Crippen LogP contribution in [-0.4, -0.2) is 139 Å². The van der Waals surface area contributed by atoms with Gasteiger partial charge in [-0.05, 0) is 224 Å². The molecule has 0 bridgehead atoms. The van der Waals surface area contributed by atoms with E-state index in [1.165, 1.54) is 27.6 Å². The van der Waals surface area contributed by atoms with E-state index in [1.807, 2.05) is 159 Å². The molecule has 772 valence electrons. The highest BCUT2D eigenvalue weighted by Crippen LogP contribution is 2.35. The van der Waals surface area contributed by atoms with Crippen molar-refractivity contribution in [3.05, 3.63) is 480 Å². The first-order valence-corrected chi connectivity index (χ1v) is 55.7. The molecule has 0 heterocycles. The topological polar surface area (TPSA) is 393 Å². The molecule has 0 spiro atoms. The van der Waals surface area contributed by atoms with E-state index in [1.54, 1.807) is 267 Å². The number of unbranched alkanes of at least 4 members (excludes halogenated alkanes) is 1. The van der Waals surface area contributed by atoms with Gasteiger partial charge in [0.1, 0.15) is 0 Å². The van der Waals surface area contributed by atoms with Gasteiger partial charge in [0.15, 0.2) is 0 Å². The molecule has 0 saturated heterocycles. The molecule has 0 aromatic heterocycles. The normalized spacial score (nSPS) is 11.6. The van der Waals surface area contributed by atoms with Gasteiger partial charge < -0.3 is 41.9 Å². The molecule has 0 radical (unpaired) electrons. The van der Waals surface area contributed by atoms with Gasteiger partial charge in [-0.3, -0.25) is 45.5 Å². The summed E-state index contributed by atoms with van der Waals surface area (Å²) in [5.74, 6) is -0.799. The Labute approximate surface area is 872 Å². The summed E-state index contributed by atoms with van der Waals surface area (Å²) < 4.78 is 141. The standard InChI is InChI=1S/C24H26N2O4S.C24H24N2O3S.C23H24N2O4S.C23H24N2O3S.C22H22N2O4S/c27-17-8-7-16-25-24(28)21-12-9-13-22(18-21)26(19-20-10-3-1-4-11-20)31(29,30)23-14-5-2-6-15-23;27-24(25-17-19-14-15-19)21-10-7-11-22(16-21)26(18-20-8-3-1-4-9-20)30(28,29)23-12-5-2-6-13-23;26-16-8-15-24-23(27)20-11-7-12-21(17-20)25(18-19-9-3-1-4-10-19)30(28,29)22-13-5-2-6-14-22;1-2-16-24-23(26)20-12-9-13-21(17-20)25(18-19-10-5-3-6-11-19)29(27,28)22-14-7-4-8-15-22;25-15-14-23-22(26)19-10-7-11-20(16-19)24(17-18-8-3-1-4-9-18)29(27,28)21-12-5-2-6-13-21/h1-6,9-15,18,27H,7-8,16-17,19H2,(H,25,28);1-13,16,19H,14-15,17-18H2,(H,25,27);1-7,9-14,17,26H,8,15-16,18H2,(H,24,27);3-15,17H,2,16,18H2,1H3,(H,24,26);1-13,16,25H,14-15,17H2,(H,23,26). The smallest absolute Gasteiger partial charge is 0.264 e. The Bertz CT molecular complexity index is 7260. The number of rotatable bonds is 43. The summed E-state index contributed by atoms with van der Waals surface area (Å²) in [4.78, 5) is 63.1. The highest BCUT2D eigenvalue weighted by molar-refractivity contribution is 7.94. The summed E-state index contributed by atoms with van der Waals surface area (Å²) >= 11 is 0. The maximum atomic E-state index is 13.5. The van der Waals surface area contributed by atoms with Gasteiger partial charge in [0, 0.05) is 73.8 Å². The fraction of sp³-hybridized carbons (Fsp3) is 0.181. The number of carbonyl (C=O) groups is 5. The van der Waals surface area contributed by atoms with Crippen LogP contribution in [0.4, 0.5) is 28.4 Å². The third kappa shape index (κ3) is 32.9. The Hall–Kier alpha value is -15.7. The van der Waals surface area contributed by atoms with E-state index in [0.717, 1.165) is 47.1 Å². The number of amides is 5. The summed E-state index contributed by atoms with van der Waals surface area (Å²) in [5, 5.41) is 40.5. The molecule has 33 heteroatoms. The van der Waals surface area contributed by atoms with Crippen molar-refractivity contribution >= 4 is 108 Å². The highest BCUT2D eigenvalue weighted by atomic mass is 32.2. The number of sulfonamides is 5. The van der Waals surface area contributed by atoms with Gasteiger partial charge in [0.25, 0.3) is 79.7 Å². The highest BCUT2D eigenvalue weighted by Gasteiger charge is 2.33. The van der Waals surface area contributed by atoms with Gasteiger partial charge in [-0.1, -0.05) is 280 Å². The Morgan fingerprint density at radius 3 is 0.644 bits per heavy atom. The molecule has 149 heavy (non-hydrogen) atoms. The van der Waals surface area contributed by atoms with E-state index in [4.69, 9.17) is 15.3 Å². The summed E-state index contributed by atoms with van der Waals surface area (Å²) in [6.07, 6.45) is 4.87. The molecule has 0 aliphatic heterocycles. The third-order valence-corrected chi connectivity index (χ3v) is 32.1. The molecule has 5 amide bonds. The van der Waals surface area contributed by atoms with E-state index >= 15 is 0 Å². The predicted molar refractivity (Wildman–Crippen MR) is 583 cm³/mol. The average Bonchev–Trinajstić information content (AvgIpc) is 1.47. The number of carbonyl (C=O) groups excluding carboxylic acids is 5. The predicted octanol–water partition coefficient (Wildman–Crippen LogP) is 18.0. The van der Waals surface area contributed by atoms with E-state index < -0.39 is 50.1 Å². The minimum Gasteiger partial charge on any atom is -0.396 e. The zero-order chi connectivity index (χ0) is 106.